The molecule has 1 amide bonds. The molecule has 21 heavy (non-hydrogen) atoms. The van der Waals surface area contributed by atoms with E-state index in [9.17, 15) is 18.4 Å². The van der Waals surface area contributed by atoms with Gasteiger partial charge in [-0.25, -0.2) is 8.78 Å². The number of anilines is 1. The fourth-order valence-corrected chi connectivity index (χ4v) is 2.68. The fourth-order valence-electron chi connectivity index (χ4n) is 2.68. The van der Waals surface area contributed by atoms with E-state index >= 15 is 0 Å². The van der Waals surface area contributed by atoms with Gasteiger partial charge in [0.25, 0.3) is 5.92 Å². The molecule has 1 aromatic carbocycles. The molecular formula is C15H17F2NO3. The number of benzene rings is 1. The summed E-state index contributed by atoms with van der Waals surface area (Å²) < 4.78 is 26.5. The van der Waals surface area contributed by atoms with E-state index in [1.165, 1.54) is 24.3 Å². The lowest BCUT2D eigenvalue weighted by atomic mass is 10.1. The van der Waals surface area contributed by atoms with Crippen molar-refractivity contribution < 1.29 is 23.5 Å². The molecule has 4 nitrogen and oxygen atoms in total. The van der Waals surface area contributed by atoms with Crippen LogP contribution in [0.1, 0.15) is 26.3 Å². The number of alkyl halides is 2. The number of rotatable bonds is 4. The van der Waals surface area contributed by atoms with Crippen molar-refractivity contribution in [2.75, 3.05) is 5.32 Å². The highest BCUT2D eigenvalue weighted by molar-refractivity contribution is 5.99. The minimum Gasteiger partial charge on any atom is -0.481 e. The number of hydrogen-bond donors (Lipinski definition) is 2. The molecular weight excluding hydrogens is 280 g/mol. The third kappa shape index (κ3) is 2.89. The van der Waals surface area contributed by atoms with E-state index in [-0.39, 0.29) is 11.3 Å². The number of nitrogens with one attached hydrogen (secondary N) is 1. The summed E-state index contributed by atoms with van der Waals surface area (Å²) in [7, 11) is 0. The smallest absolute Gasteiger partial charge is 0.307 e. The summed E-state index contributed by atoms with van der Waals surface area (Å²) in [6, 6.07) is 5.40. The molecule has 2 N–H and O–H groups in total. The second-order valence-electron chi connectivity index (χ2n) is 6.07. The molecule has 2 atom stereocenters. The number of amides is 1. The van der Waals surface area contributed by atoms with Gasteiger partial charge in [-0.15, -0.1) is 0 Å². The molecule has 0 aliphatic heterocycles. The maximum absolute atomic E-state index is 13.2. The topological polar surface area (TPSA) is 66.4 Å². The first kappa shape index (κ1) is 15.4. The standard InChI is InChI=1S/C15H17F2NO3/c1-14(2)10(11(14)13(20)21)12(19)18-9-6-4-5-8(7-9)15(3,16)17/h4-7,10-11H,1-3H3,(H,18,19)(H,20,21)/t10-,11+/m0/s1. The number of carbonyl (C=O) groups excluding carboxylic acids is 1. The second kappa shape index (κ2) is 4.79. The molecule has 114 valence electrons. The Morgan fingerprint density at radius 3 is 2.38 bits per heavy atom. The first-order valence-corrected chi connectivity index (χ1v) is 6.57. The molecule has 1 fully saturated rings. The Morgan fingerprint density at radius 1 is 1.29 bits per heavy atom. The molecule has 1 aliphatic rings. The summed E-state index contributed by atoms with van der Waals surface area (Å²) in [5, 5.41) is 11.6. The number of carboxylic acid groups (broad SMARTS) is 1. The maximum Gasteiger partial charge on any atom is 0.307 e. The third-order valence-electron chi connectivity index (χ3n) is 4.01. The summed E-state index contributed by atoms with van der Waals surface area (Å²) in [6.45, 7) is 4.18. The summed E-state index contributed by atoms with van der Waals surface area (Å²) in [5.41, 5.74) is -0.585. The Kier molecular flexibility index (Phi) is 3.51. The third-order valence-corrected chi connectivity index (χ3v) is 4.01. The molecule has 6 heteroatoms. The Labute approximate surface area is 121 Å². The van der Waals surface area contributed by atoms with Gasteiger partial charge >= 0.3 is 5.97 Å². The zero-order valence-electron chi connectivity index (χ0n) is 12.0. The molecule has 0 saturated heterocycles. The van der Waals surface area contributed by atoms with Gasteiger partial charge in [-0.2, -0.15) is 0 Å². The van der Waals surface area contributed by atoms with E-state index in [4.69, 9.17) is 5.11 Å². The fraction of sp³-hybridized carbons (Fsp3) is 0.467. The Bertz CT molecular complexity index is 593. The molecule has 1 saturated carbocycles. The maximum atomic E-state index is 13.2. The number of carbonyl (C=O) groups is 2. The minimum atomic E-state index is -3.00. The van der Waals surface area contributed by atoms with Crippen molar-refractivity contribution in [2.24, 2.45) is 17.3 Å². The highest BCUT2D eigenvalue weighted by atomic mass is 19.3. The predicted molar refractivity (Wildman–Crippen MR) is 73.0 cm³/mol. The van der Waals surface area contributed by atoms with Crippen molar-refractivity contribution in [2.45, 2.75) is 26.7 Å². The van der Waals surface area contributed by atoms with Crippen LogP contribution in [0.3, 0.4) is 0 Å². The van der Waals surface area contributed by atoms with Gasteiger partial charge in [-0.3, -0.25) is 9.59 Å². The molecule has 0 heterocycles. The highest BCUT2D eigenvalue weighted by Crippen LogP contribution is 2.58. The lowest BCUT2D eigenvalue weighted by Gasteiger charge is -2.12. The average Bonchev–Trinajstić information content (AvgIpc) is 2.92. The summed E-state index contributed by atoms with van der Waals surface area (Å²) in [4.78, 5) is 23.2. The van der Waals surface area contributed by atoms with Gasteiger partial charge in [0, 0.05) is 18.2 Å². The van der Waals surface area contributed by atoms with Crippen molar-refractivity contribution in [1.82, 2.24) is 0 Å². The zero-order chi connectivity index (χ0) is 16.0. The number of aliphatic carboxylic acids is 1. The van der Waals surface area contributed by atoms with Crippen molar-refractivity contribution in [3.05, 3.63) is 29.8 Å². The van der Waals surface area contributed by atoms with Gasteiger partial charge in [0.15, 0.2) is 0 Å². The zero-order valence-corrected chi connectivity index (χ0v) is 12.0. The largest absolute Gasteiger partial charge is 0.481 e. The van der Waals surface area contributed by atoms with Gasteiger partial charge < -0.3 is 10.4 Å². The van der Waals surface area contributed by atoms with E-state index in [2.05, 4.69) is 5.32 Å². The van der Waals surface area contributed by atoms with E-state index in [1.807, 2.05) is 0 Å². The van der Waals surface area contributed by atoms with Gasteiger partial charge in [-0.1, -0.05) is 26.0 Å². The van der Waals surface area contributed by atoms with Gasteiger partial charge in [0.2, 0.25) is 5.91 Å². The lowest BCUT2D eigenvalue weighted by Crippen LogP contribution is -2.18. The number of carboxylic acids is 1. The van der Waals surface area contributed by atoms with Crippen LogP contribution in [0.2, 0.25) is 0 Å². The van der Waals surface area contributed by atoms with Gasteiger partial charge in [0.1, 0.15) is 0 Å². The van der Waals surface area contributed by atoms with E-state index in [1.54, 1.807) is 13.8 Å². The van der Waals surface area contributed by atoms with Crippen LogP contribution < -0.4 is 5.32 Å². The molecule has 0 unspecified atom stereocenters. The first-order valence-electron chi connectivity index (χ1n) is 6.57. The Morgan fingerprint density at radius 2 is 1.90 bits per heavy atom. The summed E-state index contributed by atoms with van der Waals surface area (Å²) in [5.74, 6) is -5.87. The minimum absolute atomic E-state index is 0.204. The van der Waals surface area contributed by atoms with Crippen molar-refractivity contribution in [3.8, 4) is 0 Å². The monoisotopic (exact) mass is 297 g/mol. The SMILES string of the molecule is CC(F)(F)c1cccc(NC(=O)[C@@H]2[C@H](C(=O)O)C2(C)C)c1. The van der Waals surface area contributed by atoms with E-state index < -0.39 is 35.0 Å². The molecule has 0 bridgehead atoms. The quantitative estimate of drug-likeness (QED) is 0.897. The van der Waals surface area contributed by atoms with Crippen LogP contribution in [-0.4, -0.2) is 17.0 Å². The Balaban J connectivity index is 2.13. The van der Waals surface area contributed by atoms with Gasteiger partial charge in [-0.05, 0) is 17.5 Å². The highest BCUT2D eigenvalue weighted by Gasteiger charge is 2.65. The Hall–Kier alpha value is -1.98. The number of hydrogen-bond acceptors (Lipinski definition) is 2. The molecule has 0 radical (unpaired) electrons. The van der Waals surface area contributed by atoms with E-state index in [0.717, 1.165) is 6.92 Å². The first-order chi connectivity index (χ1) is 9.55. The van der Waals surface area contributed by atoms with Gasteiger partial charge in [0.05, 0.1) is 11.8 Å². The molecule has 1 aliphatic carbocycles. The molecule has 0 spiro atoms. The lowest BCUT2D eigenvalue weighted by molar-refractivity contribution is -0.140. The molecule has 0 aromatic heterocycles. The van der Waals surface area contributed by atoms with Crippen molar-refractivity contribution in [1.29, 1.82) is 0 Å². The normalized spacial score (nSPS) is 23.5. The summed E-state index contributed by atoms with van der Waals surface area (Å²) >= 11 is 0. The van der Waals surface area contributed by atoms with Crippen molar-refractivity contribution in [3.63, 3.8) is 0 Å². The van der Waals surface area contributed by atoms with Crippen LogP contribution in [0.25, 0.3) is 0 Å². The molecule has 2 rings (SSSR count). The predicted octanol–water partition coefficient (Wildman–Crippen LogP) is 3.09. The van der Waals surface area contributed by atoms with Crippen LogP contribution in [0.4, 0.5) is 14.5 Å². The summed E-state index contributed by atoms with van der Waals surface area (Å²) in [6.07, 6.45) is 0. The second-order valence-corrected chi connectivity index (χ2v) is 6.07. The number of halogens is 2. The van der Waals surface area contributed by atoms with Crippen LogP contribution in [-0.2, 0) is 15.5 Å². The van der Waals surface area contributed by atoms with Crippen LogP contribution in [0.5, 0.6) is 0 Å². The van der Waals surface area contributed by atoms with Crippen LogP contribution >= 0.6 is 0 Å². The molecule has 1 aromatic rings. The van der Waals surface area contributed by atoms with E-state index in [0.29, 0.717) is 0 Å². The van der Waals surface area contributed by atoms with Crippen LogP contribution in [0, 0.1) is 17.3 Å². The van der Waals surface area contributed by atoms with Crippen molar-refractivity contribution >= 4 is 17.6 Å². The van der Waals surface area contributed by atoms with Crippen LogP contribution in [0.15, 0.2) is 24.3 Å². The average molecular weight is 297 g/mol.